The molecule has 0 saturated carbocycles. The number of aliphatic hydroxyl groups is 1. The summed E-state index contributed by atoms with van der Waals surface area (Å²) in [4.78, 5) is 25.4. The van der Waals surface area contributed by atoms with Gasteiger partial charge in [0.25, 0.3) is 0 Å². The average molecular weight is 311 g/mol. The smallest absolute Gasteiger partial charge is 0.232 e. The second kappa shape index (κ2) is 6.13. The number of likely N-dealkylation sites (tertiary alicyclic amines) is 1. The summed E-state index contributed by atoms with van der Waals surface area (Å²) in [7, 11) is 0. The molecule has 1 aliphatic heterocycles. The molecule has 0 radical (unpaired) electrons. The van der Waals surface area contributed by atoms with Gasteiger partial charge in [0, 0.05) is 18.3 Å². The summed E-state index contributed by atoms with van der Waals surface area (Å²) in [5, 5.41) is 12.6. The summed E-state index contributed by atoms with van der Waals surface area (Å²) >= 11 is 0. The van der Waals surface area contributed by atoms with E-state index in [1.165, 1.54) is 4.90 Å². The number of benzene rings is 2. The molecule has 0 aliphatic carbocycles. The largest absolute Gasteiger partial charge is 0.391 e. The Hall–Kier alpha value is -2.20. The molecule has 1 aliphatic rings. The van der Waals surface area contributed by atoms with Gasteiger partial charge in [0.2, 0.25) is 11.8 Å². The zero-order valence-corrected chi connectivity index (χ0v) is 13.4. The predicted molar refractivity (Wildman–Crippen MR) is 88.7 cm³/mol. The Morgan fingerprint density at radius 2 is 1.61 bits per heavy atom. The summed E-state index contributed by atoms with van der Waals surface area (Å²) in [5.41, 5.74) is 0.997. The molecule has 2 amide bonds. The first kappa shape index (κ1) is 15.7. The van der Waals surface area contributed by atoms with Crippen LogP contribution in [0.15, 0.2) is 42.5 Å². The lowest BCUT2D eigenvalue weighted by Gasteiger charge is -2.19. The highest BCUT2D eigenvalue weighted by molar-refractivity contribution is 6.04. The first-order chi connectivity index (χ1) is 11.0. The average Bonchev–Trinajstić information content (AvgIpc) is 2.72. The SMILES string of the molecule is C[C@@H]1C(=O)N(C[C@@H](O)Cc2ccc3ccccc3c2)C(=O)[C@H]1C. The molecule has 3 atom stereocenters. The number of imide groups is 1. The van der Waals surface area contributed by atoms with Gasteiger partial charge >= 0.3 is 0 Å². The van der Waals surface area contributed by atoms with Crippen LogP contribution < -0.4 is 0 Å². The van der Waals surface area contributed by atoms with E-state index in [4.69, 9.17) is 0 Å². The zero-order valence-electron chi connectivity index (χ0n) is 13.4. The van der Waals surface area contributed by atoms with Crippen LogP contribution in [-0.2, 0) is 16.0 Å². The third-order valence-electron chi connectivity index (χ3n) is 4.74. The van der Waals surface area contributed by atoms with E-state index < -0.39 is 6.10 Å². The fourth-order valence-corrected chi connectivity index (χ4v) is 3.12. The van der Waals surface area contributed by atoms with E-state index in [2.05, 4.69) is 0 Å². The minimum absolute atomic E-state index is 0.0686. The van der Waals surface area contributed by atoms with E-state index in [0.717, 1.165) is 16.3 Å². The fraction of sp³-hybridized carbons (Fsp3) is 0.368. The quantitative estimate of drug-likeness (QED) is 0.882. The third kappa shape index (κ3) is 2.99. The molecular formula is C19H21NO3. The maximum Gasteiger partial charge on any atom is 0.232 e. The van der Waals surface area contributed by atoms with Gasteiger partial charge < -0.3 is 5.11 Å². The van der Waals surface area contributed by atoms with Gasteiger partial charge in [0.05, 0.1) is 12.6 Å². The summed E-state index contributed by atoms with van der Waals surface area (Å²) in [6, 6.07) is 14.1. The number of carbonyl (C=O) groups excluding carboxylic acids is 2. The number of hydrogen-bond acceptors (Lipinski definition) is 3. The van der Waals surface area contributed by atoms with Gasteiger partial charge in [-0.05, 0) is 16.3 Å². The van der Waals surface area contributed by atoms with Crippen LogP contribution in [0.5, 0.6) is 0 Å². The van der Waals surface area contributed by atoms with Crippen molar-refractivity contribution in [2.45, 2.75) is 26.4 Å². The van der Waals surface area contributed by atoms with Gasteiger partial charge in [0.15, 0.2) is 0 Å². The number of β-amino-alcohol motifs (C(OH)–C–C–N with tert-alkyl or cyclic N) is 1. The molecule has 23 heavy (non-hydrogen) atoms. The van der Waals surface area contributed by atoms with Crippen LogP contribution in [0, 0.1) is 11.8 Å². The van der Waals surface area contributed by atoms with Crippen LogP contribution in [0.3, 0.4) is 0 Å². The number of amides is 2. The van der Waals surface area contributed by atoms with Crippen molar-refractivity contribution in [1.29, 1.82) is 0 Å². The number of fused-ring (bicyclic) bond motifs is 1. The molecule has 1 saturated heterocycles. The summed E-state index contributed by atoms with van der Waals surface area (Å²) in [5.74, 6) is -0.953. The number of carbonyl (C=O) groups is 2. The third-order valence-corrected chi connectivity index (χ3v) is 4.74. The molecule has 2 aromatic rings. The van der Waals surface area contributed by atoms with Crippen LogP contribution in [0.1, 0.15) is 19.4 Å². The van der Waals surface area contributed by atoms with Gasteiger partial charge in [-0.2, -0.15) is 0 Å². The number of rotatable bonds is 4. The van der Waals surface area contributed by atoms with Crippen LogP contribution in [-0.4, -0.2) is 34.5 Å². The van der Waals surface area contributed by atoms with Gasteiger partial charge in [-0.1, -0.05) is 56.3 Å². The zero-order chi connectivity index (χ0) is 16.6. The van der Waals surface area contributed by atoms with Crippen LogP contribution in [0.25, 0.3) is 10.8 Å². The van der Waals surface area contributed by atoms with E-state index >= 15 is 0 Å². The first-order valence-electron chi connectivity index (χ1n) is 7.98. The molecular weight excluding hydrogens is 290 g/mol. The van der Waals surface area contributed by atoms with Crippen molar-refractivity contribution in [2.75, 3.05) is 6.54 Å². The van der Waals surface area contributed by atoms with Crippen LogP contribution >= 0.6 is 0 Å². The molecule has 0 unspecified atom stereocenters. The number of aliphatic hydroxyl groups excluding tert-OH is 1. The lowest BCUT2D eigenvalue weighted by molar-refractivity contribution is -0.141. The molecule has 3 rings (SSSR count). The van der Waals surface area contributed by atoms with E-state index in [9.17, 15) is 14.7 Å². The van der Waals surface area contributed by atoms with E-state index in [1.54, 1.807) is 13.8 Å². The maximum absolute atomic E-state index is 12.1. The minimum Gasteiger partial charge on any atom is -0.391 e. The number of nitrogens with zero attached hydrogens (tertiary/aromatic N) is 1. The second-order valence-corrected chi connectivity index (χ2v) is 6.40. The Morgan fingerprint density at radius 1 is 1.00 bits per heavy atom. The minimum atomic E-state index is -0.749. The Balaban J connectivity index is 1.70. The molecule has 0 aromatic heterocycles. The standard InChI is InChI=1S/C19H21NO3/c1-12-13(2)19(23)20(18(12)22)11-17(21)10-14-7-8-15-5-3-4-6-16(15)9-14/h3-9,12-13,17,21H,10-11H2,1-2H3/t12-,13-,17-/m0/s1. The highest BCUT2D eigenvalue weighted by atomic mass is 16.3. The molecule has 4 nitrogen and oxygen atoms in total. The van der Waals surface area contributed by atoms with Crippen LogP contribution in [0.4, 0.5) is 0 Å². The molecule has 0 bridgehead atoms. The summed E-state index contributed by atoms with van der Waals surface area (Å²) < 4.78 is 0. The Bertz CT molecular complexity index is 735. The molecule has 0 spiro atoms. The van der Waals surface area contributed by atoms with Crippen molar-refractivity contribution in [3.05, 3.63) is 48.0 Å². The van der Waals surface area contributed by atoms with Gasteiger partial charge in [-0.15, -0.1) is 0 Å². The summed E-state index contributed by atoms with van der Waals surface area (Å²) in [6.45, 7) is 3.60. The van der Waals surface area contributed by atoms with Crippen LogP contribution in [0.2, 0.25) is 0 Å². The van der Waals surface area contributed by atoms with Gasteiger partial charge in [0.1, 0.15) is 0 Å². The van der Waals surface area contributed by atoms with Crippen molar-refractivity contribution in [3.63, 3.8) is 0 Å². The lowest BCUT2D eigenvalue weighted by Crippen LogP contribution is -2.38. The number of hydrogen-bond donors (Lipinski definition) is 1. The van der Waals surface area contributed by atoms with Gasteiger partial charge in [-0.25, -0.2) is 0 Å². The lowest BCUT2D eigenvalue weighted by atomic mass is 10.00. The topological polar surface area (TPSA) is 57.6 Å². The monoisotopic (exact) mass is 311 g/mol. The van der Waals surface area contributed by atoms with E-state index in [-0.39, 0.29) is 30.2 Å². The highest BCUT2D eigenvalue weighted by Crippen LogP contribution is 2.26. The van der Waals surface area contributed by atoms with Crippen molar-refractivity contribution < 1.29 is 14.7 Å². The maximum atomic E-state index is 12.1. The van der Waals surface area contributed by atoms with Crippen molar-refractivity contribution in [3.8, 4) is 0 Å². The first-order valence-corrected chi connectivity index (χ1v) is 7.98. The fourth-order valence-electron chi connectivity index (χ4n) is 3.12. The van der Waals surface area contributed by atoms with E-state index in [1.807, 2.05) is 42.5 Å². The highest BCUT2D eigenvalue weighted by Gasteiger charge is 2.42. The van der Waals surface area contributed by atoms with Crippen molar-refractivity contribution in [2.24, 2.45) is 11.8 Å². The molecule has 1 N–H and O–H groups in total. The molecule has 4 heteroatoms. The predicted octanol–water partition coefficient (Wildman–Crippen LogP) is 2.38. The van der Waals surface area contributed by atoms with Crippen molar-refractivity contribution in [1.82, 2.24) is 4.90 Å². The van der Waals surface area contributed by atoms with Crippen molar-refractivity contribution >= 4 is 22.6 Å². The molecule has 1 fully saturated rings. The Morgan fingerprint density at radius 3 is 2.26 bits per heavy atom. The normalized spacial score (nSPS) is 22.8. The van der Waals surface area contributed by atoms with E-state index in [0.29, 0.717) is 6.42 Å². The molecule has 120 valence electrons. The Labute approximate surface area is 135 Å². The molecule has 2 aromatic carbocycles. The Kier molecular flexibility index (Phi) is 4.18. The molecule has 1 heterocycles. The van der Waals surface area contributed by atoms with Gasteiger partial charge in [-0.3, -0.25) is 14.5 Å². The summed E-state index contributed by atoms with van der Waals surface area (Å²) in [6.07, 6.45) is -0.327. The second-order valence-electron chi connectivity index (χ2n) is 6.40.